The number of nitrogens with one attached hydrogen (secondary N) is 1. The van der Waals surface area contributed by atoms with Gasteiger partial charge in [-0.15, -0.1) is 0 Å². The summed E-state index contributed by atoms with van der Waals surface area (Å²) in [7, 11) is 0. The average molecular weight is 412 g/mol. The molecule has 2 aromatic rings. The van der Waals surface area contributed by atoms with Crippen molar-refractivity contribution in [2.24, 2.45) is 0 Å². The molecule has 5 atom stereocenters. The molecule has 0 saturated carbocycles. The van der Waals surface area contributed by atoms with E-state index in [1.54, 1.807) is 24.4 Å². The van der Waals surface area contributed by atoms with Crippen LogP contribution in [-0.2, 0) is 16.0 Å². The fraction of sp³-hybridized carbons (Fsp3) is 0.364. The Bertz CT molecular complexity index is 977. The van der Waals surface area contributed by atoms with Gasteiger partial charge in [0.1, 0.15) is 24.4 Å². The number of hydrogen-bond donors (Lipinski definition) is 5. The van der Waals surface area contributed by atoms with Gasteiger partial charge in [-0.25, -0.2) is 0 Å². The van der Waals surface area contributed by atoms with Crippen LogP contribution in [0.1, 0.15) is 23.7 Å². The monoisotopic (exact) mass is 412 g/mol. The number of rotatable bonds is 4. The van der Waals surface area contributed by atoms with Gasteiger partial charge in [0, 0.05) is 23.9 Å². The van der Waals surface area contributed by atoms with Crippen molar-refractivity contribution in [1.29, 1.82) is 0 Å². The molecule has 4 rings (SSSR count). The van der Waals surface area contributed by atoms with Crippen LogP contribution >= 0.6 is 0 Å². The van der Waals surface area contributed by atoms with Crippen LogP contribution in [0.2, 0.25) is 0 Å². The first kappa shape index (κ1) is 20.6. The van der Waals surface area contributed by atoms with Crippen molar-refractivity contribution in [2.45, 2.75) is 44.0 Å². The molecule has 1 fully saturated rings. The number of anilines is 1. The number of pyridine rings is 1. The molecule has 8 heteroatoms. The van der Waals surface area contributed by atoms with E-state index in [1.165, 1.54) is 0 Å². The standard InChI is InChI=1S/C22H24N2O6/c1-11-14-6-5-13(24-19-21(28)20(27)17(10-25)30-22(19)29)8-12(14)9-16(26)18(11)15-4-2-3-7-23-15/h2-8,17,19-22,24-25,27-29H,9-10H2,1H3/t17?,19?,20-,21-,22-/m0/s1. The van der Waals surface area contributed by atoms with E-state index < -0.39 is 37.3 Å². The summed E-state index contributed by atoms with van der Waals surface area (Å²) in [5, 5.41) is 42.7. The van der Waals surface area contributed by atoms with E-state index in [0.717, 1.165) is 16.7 Å². The zero-order valence-corrected chi connectivity index (χ0v) is 16.4. The molecule has 8 nitrogen and oxygen atoms in total. The van der Waals surface area contributed by atoms with Crippen LogP contribution < -0.4 is 5.32 Å². The number of aliphatic hydroxyl groups is 4. The highest BCUT2D eigenvalue weighted by atomic mass is 16.6. The van der Waals surface area contributed by atoms with E-state index in [-0.39, 0.29) is 12.2 Å². The highest BCUT2D eigenvalue weighted by molar-refractivity contribution is 6.29. The van der Waals surface area contributed by atoms with Crippen LogP contribution in [0.15, 0.2) is 42.6 Å². The van der Waals surface area contributed by atoms with Crippen LogP contribution in [0.4, 0.5) is 5.69 Å². The third kappa shape index (κ3) is 3.64. The molecule has 1 aromatic carbocycles. The average Bonchev–Trinajstić information content (AvgIpc) is 2.74. The zero-order chi connectivity index (χ0) is 21.4. The van der Waals surface area contributed by atoms with Crippen LogP contribution in [0.5, 0.6) is 0 Å². The van der Waals surface area contributed by atoms with Crippen molar-refractivity contribution >= 4 is 22.6 Å². The number of aliphatic hydroxyl groups excluding tert-OH is 4. The maximum Gasteiger partial charge on any atom is 0.178 e. The van der Waals surface area contributed by atoms with Crippen LogP contribution in [0.3, 0.4) is 0 Å². The number of aromatic nitrogens is 1. The Hall–Kier alpha value is -2.62. The lowest BCUT2D eigenvalue weighted by Crippen LogP contribution is -2.61. The highest BCUT2D eigenvalue weighted by Gasteiger charge is 2.43. The quantitative estimate of drug-likeness (QED) is 0.486. The minimum Gasteiger partial charge on any atom is -0.394 e. The Morgan fingerprint density at radius 3 is 2.67 bits per heavy atom. The number of ether oxygens (including phenoxy) is 1. The number of carbonyl (C=O) groups is 1. The molecule has 1 aromatic heterocycles. The molecule has 0 spiro atoms. The largest absolute Gasteiger partial charge is 0.394 e. The highest BCUT2D eigenvalue weighted by Crippen LogP contribution is 2.35. The van der Waals surface area contributed by atoms with Gasteiger partial charge in [0.2, 0.25) is 0 Å². The summed E-state index contributed by atoms with van der Waals surface area (Å²) in [5.41, 5.74) is 4.41. The molecule has 0 bridgehead atoms. The summed E-state index contributed by atoms with van der Waals surface area (Å²) >= 11 is 0. The predicted molar refractivity (Wildman–Crippen MR) is 109 cm³/mol. The Morgan fingerprint density at radius 1 is 1.17 bits per heavy atom. The molecule has 5 N–H and O–H groups in total. The number of allylic oxidation sites excluding steroid dienone is 2. The maximum absolute atomic E-state index is 12.8. The predicted octanol–water partition coefficient (Wildman–Crippen LogP) is 0.349. The second-order valence-corrected chi connectivity index (χ2v) is 7.59. The number of hydrogen-bond acceptors (Lipinski definition) is 8. The smallest absolute Gasteiger partial charge is 0.178 e. The van der Waals surface area contributed by atoms with Gasteiger partial charge in [-0.3, -0.25) is 9.78 Å². The van der Waals surface area contributed by atoms with Gasteiger partial charge in [0.05, 0.1) is 12.3 Å². The number of carbonyl (C=O) groups excluding carboxylic acids is 1. The van der Waals surface area contributed by atoms with Gasteiger partial charge < -0.3 is 30.5 Å². The van der Waals surface area contributed by atoms with Crippen molar-refractivity contribution in [3.05, 3.63) is 59.4 Å². The second-order valence-electron chi connectivity index (χ2n) is 7.59. The van der Waals surface area contributed by atoms with E-state index in [2.05, 4.69) is 10.3 Å². The fourth-order valence-corrected chi connectivity index (χ4v) is 4.09. The summed E-state index contributed by atoms with van der Waals surface area (Å²) in [6.45, 7) is 1.37. The molecule has 1 saturated heterocycles. The molecule has 158 valence electrons. The molecular weight excluding hydrogens is 388 g/mol. The maximum atomic E-state index is 12.8. The Morgan fingerprint density at radius 2 is 1.97 bits per heavy atom. The third-order valence-electron chi connectivity index (χ3n) is 5.67. The summed E-state index contributed by atoms with van der Waals surface area (Å²) in [6, 6.07) is 9.90. The Kier molecular flexibility index (Phi) is 5.68. The SMILES string of the molecule is CC1=C(c2ccccn2)C(=O)Cc2cc(NC3[C@@H](O)OC(CO)[C@H](O)[C@H]3O)ccc21. The van der Waals surface area contributed by atoms with Gasteiger partial charge in [-0.2, -0.15) is 0 Å². The lowest BCUT2D eigenvalue weighted by molar-refractivity contribution is -0.245. The van der Waals surface area contributed by atoms with Gasteiger partial charge >= 0.3 is 0 Å². The minimum absolute atomic E-state index is 0.0295. The summed E-state index contributed by atoms with van der Waals surface area (Å²) < 4.78 is 5.18. The van der Waals surface area contributed by atoms with Crippen molar-refractivity contribution in [3.63, 3.8) is 0 Å². The molecule has 2 aliphatic rings. The molecule has 1 aliphatic carbocycles. The number of ketones is 1. The Balaban J connectivity index is 1.61. The van der Waals surface area contributed by atoms with Crippen molar-refractivity contribution in [3.8, 4) is 0 Å². The number of Topliss-reactive ketones (excluding diaryl/α,β-unsaturated/α-hetero) is 1. The lowest BCUT2D eigenvalue weighted by Gasteiger charge is -2.40. The number of fused-ring (bicyclic) bond motifs is 1. The molecule has 2 unspecified atom stereocenters. The second kappa shape index (κ2) is 8.25. The van der Waals surface area contributed by atoms with Crippen LogP contribution in [0.25, 0.3) is 11.1 Å². The molecule has 0 radical (unpaired) electrons. The van der Waals surface area contributed by atoms with Gasteiger partial charge in [0.25, 0.3) is 0 Å². The summed E-state index contributed by atoms with van der Waals surface area (Å²) in [5.74, 6) is -0.0295. The minimum atomic E-state index is -1.42. The van der Waals surface area contributed by atoms with Crippen LogP contribution in [0, 0.1) is 0 Å². The van der Waals surface area contributed by atoms with Crippen LogP contribution in [-0.4, -0.2) is 68.4 Å². The van der Waals surface area contributed by atoms with E-state index in [1.807, 2.05) is 25.1 Å². The Labute approximate surface area is 173 Å². The van der Waals surface area contributed by atoms with Gasteiger partial charge in [-0.1, -0.05) is 12.1 Å². The van der Waals surface area contributed by atoms with Gasteiger partial charge in [0.15, 0.2) is 12.1 Å². The molecular formula is C22H24N2O6. The summed E-state index contributed by atoms with van der Waals surface area (Å²) in [4.78, 5) is 17.1. The summed E-state index contributed by atoms with van der Waals surface area (Å²) in [6.07, 6.45) is -3.32. The van der Waals surface area contributed by atoms with E-state index in [4.69, 9.17) is 4.74 Å². The van der Waals surface area contributed by atoms with Crippen molar-refractivity contribution in [2.75, 3.05) is 11.9 Å². The first-order valence-corrected chi connectivity index (χ1v) is 9.76. The van der Waals surface area contributed by atoms with E-state index >= 15 is 0 Å². The molecule has 1 aliphatic heterocycles. The third-order valence-corrected chi connectivity index (χ3v) is 5.67. The molecule has 2 heterocycles. The zero-order valence-electron chi connectivity index (χ0n) is 16.4. The molecule has 30 heavy (non-hydrogen) atoms. The van der Waals surface area contributed by atoms with Crippen molar-refractivity contribution < 1.29 is 30.0 Å². The number of benzene rings is 1. The molecule has 0 amide bonds. The van der Waals surface area contributed by atoms with Crippen molar-refractivity contribution in [1.82, 2.24) is 4.98 Å². The van der Waals surface area contributed by atoms with E-state index in [0.29, 0.717) is 17.0 Å². The fourth-order valence-electron chi connectivity index (χ4n) is 4.09. The first-order chi connectivity index (χ1) is 14.4. The normalized spacial score (nSPS) is 29.0. The first-order valence-electron chi connectivity index (χ1n) is 9.76. The van der Waals surface area contributed by atoms with E-state index in [9.17, 15) is 25.2 Å². The number of nitrogens with zero attached hydrogens (tertiary/aromatic N) is 1. The topological polar surface area (TPSA) is 132 Å². The lowest BCUT2D eigenvalue weighted by atomic mass is 9.83. The van der Waals surface area contributed by atoms with Gasteiger partial charge in [-0.05, 0) is 47.9 Å².